The molecule has 0 aromatic carbocycles. The maximum atomic E-state index is 12.3. The molecule has 2 heterocycles. The van der Waals surface area contributed by atoms with Crippen molar-refractivity contribution in [3.8, 4) is 0 Å². The van der Waals surface area contributed by atoms with E-state index in [4.69, 9.17) is 10.6 Å². The van der Waals surface area contributed by atoms with Crippen LogP contribution in [-0.4, -0.2) is 47.6 Å². The van der Waals surface area contributed by atoms with E-state index in [-0.39, 0.29) is 11.9 Å². The first-order chi connectivity index (χ1) is 10.3. The first kappa shape index (κ1) is 14.2. The van der Waals surface area contributed by atoms with Gasteiger partial charge in [-0.15, -0.1) is 0 Å². The summed E-state index contributed by atoms with van der Waals surface area (Å²) in [5.74, 6) is 6.06. The fourth-order valence-electron chi connectivity index (χ4n) is 2.45. The molecule has 7 heteroatoms. The highest BCUT2D eigenvalue weighted by atomic mass is 16.5. The van der Waals surface area contributed by atoms with Gasteiger partial charge in [-0.25, -0.2) is 10.8 Å². The molecule has 3 rings (SSSR count). The number of ether oxygens (including phenoxy) is 1. The second kappa shape index (κ2) is 6.38. The Bertz CT molecular complexity index is 506. The van der Waals surface area contributed by atoms with Gasteiger partial charge in [0.1, 0.15) is 11.9 Å². The highest BCUT2D eigenvalue weighted by molar-refractivity contribution is 5.82. The third kappa shape index (κ3) is 3.69. The van der Waals surface area contributed by atoms with E-state index in [0.29, 0.717) is 31.6 Å². The van der Waals surface area contributed by atoms with Gasteiger partial charge in [-0.2, -0.15) is 0 Å². The number of morpholine rings is 1. The van der Waals surface area contributed by atoms with Gasteiger partial charge in [0.05, 0.1) is 18.9 Å². The zero-order valence-corrected chi connectivity index (χ0v) is 11.9. The first-order valence-corrected chi connectivity index (χ1v) is 7.31. The van der Waals surface area contributed by atoms with E-state index >= 15 is 0 Å². The molecule has 114 valence electrons. The number of amides is 1. The molecule has 1 aliphatic carbocycles. The maximum absolute atomic E-state index is 12.3. The minimum absolute atomic E-state index is 0.0605. The van der Waals surface area contributed by atoms with Gasteiger partial charge in [0, 0.05) is 19.1 Å². The molecule has 2 fully saturated rings. The fourth-order valence-corrected chi connectivity index (χ4v) is 2.45. The zero-order valence-electron chi connectivity index (χ0n) is 11.9. The predicted molar refractivity (Wildman–Crippen MR) is 78.2 cm³/mol. The molecule has 1 saturated carbocycles. The summed E-state index contributed by atoms with van der Waals surface area (Å²) in [5, 5.41) is 3.05. The second-order valence-corrected chi connectivity index (χ2v) is 5.50. The number of carbonyl (C=O) groups excluding carboxylic acids is 1. The number of hydrogen-bond donors (Lipinski definition) is 3. The number of rotatable bonds is 5. The topological polar surface area (TPSA) is 92.5 Å². The van der Waals surface area contributed by atoms with Crippen LogP contribution in [0.5, 0.6) is 0 Å². The van der Waals surface area contributed by atoms with Crippen molar-refractivity contribution >= 4 is 11.7 Å². The maximum Gasteiger partial charge on any atom is 0.239 e. The molecule has 0 bridgehead atoms. The van der Waals surface area contributed by atoms with Gasteiger partial charge in [0.15, 0.2) is 0 Å². The number of nitrogen functional groups attached to an aromatic ring is 1. The van der Waals surface area contributed by atoms with E-state index in [1.54, 1.807) is 6.07 Å². The van der Waals surface area contributed by atoms with Crippen molar-refractivity contribution in [2.24, 2.45) is 5.84 Å². The largest absolute Gasteiger partial charge is 0.378 e. The molecule has 1 unspecified atom stereocenters. The van der Waals surface area contributed by atoms with Crippen LogP contribution in [0.4, 0.5) is 5.82 Å². The minimum atomic E-state index is -0.240. The molecule has 1 aromatic rings. The Morgan fingerprint density at radius 2 is 2.33 bits per heavy atom. The van der Waals surface area contributed by atoms with E-state index in [9.17, 15) is 4.79 Å². The van der Waals surface area contributed by atoms with Gasteiger partial charge in [-0.1, -0.05) is 6.07 Å². The van der Waals surface area contributed by atoms with Crippen LogP contribution in [0.2, 0.25) is 0 Å². The quantitative estimate of drug-likeness (QED) is 0.516. The minimum Gasteiger partial charge on any atom is -0.378 e. The Morgan fingerprint density at radius 3 is 3.10 bits per heavy atom. The predicted octanol–water partition coefficient (Wildman–Crippen LogP) is -0.153. The summed E-state index contributed by atoms with van der Waals surface area (Å²) in [6, 6.07) is 5.77. The van der Waals surface area contributed by atoms with Crippen LogP contribution in [0, 0.1) is 0 Å². The highest BCUT2D eigenvalue weighted by Gasteiger charge is 2.33. The lowest BCUT2D eigenvalue weighted by atomic mass is 10.2. The van der Waals surface area contributed by atoms with E-state index in [1.165, 1.54) is 0 Å². The molecule has 21 heavy (non-hydrogen) atoms. The van der Waals surface area contributed by atoms with Crippen LogP contribution in [0.25, 0.3) is 0 Å². The van der Waals surface area contributed by atoms with E-state index in [0.717, 1.165) is 25.1 Å². The number of anilines is 1. The standard InChI is InChI=1S/C14H21N5O2/c15-18-13-3-1-2-11(16-13)8-19-6-7-21-9-12(19)14(20)17-10-4-5-10/h1-3,10,12H,4-9,15H2,(H,16,18)(H,17,20). The third-order valence-corrected chi connectivity index (χ3v) is 3.79. The van der Waals surface area contributed by atoms with Crippen molar-refractivity contribution < 1.29 is 9.53 Å². The Hall–Kier alpha value is -1.70. The lowest BCUT2D eigenvalue weighted by Crippen LogP contribution is -2.53. The molecule has 0 spiro atoms. The molecule has 1 saturated heterocycles. The summed E-state index contributed by atoms with van der Waals surface area (Å²) >= 11 is 0. The number of nitrogens with zero attached hydrogens (tertiary/aromatic N) is 2. The van der Waals surface area contributed by atoms with Crippen LogP contribution < -0.4 is 16.6 Å². The van der Waals surface area contributed by atoms with Crippen molar-refractivity contribution in [1.82, 2.24) is 15.2 Å². The summed E-state index contributed by atoms with van der Waals surface area (Å²) in [6.07, 6.45) is 2.18. The Labute approximate surface area is 123 Å². The number of nitrogens with one attached hydrogen (secondary N) is 2. The Morgan fingerprint density at radius 1 is 1.48 bits per heavy atom. The Kier molecular flexibility index (Phi) is 4.33. The molecule has 1 aliphatic heterocycles. The van der Waals surface area contributed by atoms with Crippen molar-refractivity contribution in [3.63, 3.8) is 0 Å². The molecule has 1 atom stereocenters. The van der Waals surface area contributed by atoms with E-state index in [2.05, 4.69) is 20.6 Å². The van der Waals surface area contributed by atoms with Gasteiger partial charge in [-0.3, -0.25) is 9.69 Å². The molecular weight excluding hydrogens is 270 g/mol. The molecule has 4 N–H and O–H groups in total. The van der Waals surface area contributed by atoms with Crippen LogP contribution in [-0.2, 0) is 16.1 Å². The molecule has 1 aromatic heterocycles. The van der Waals surface area contributed by atoms with Gasteiger partial charge in [0.2, 0.25) is 5.91 Å². The molecule has 1 amide bonds. The van der Waals surface area contributed by atoms with Gasteiger partial charge in [0.25, 0.3) is 0 Å². The number of pyridine rings is 1. The summed E-state index contributed by atoms with van der Waals surface area (Å²) in [4.78, 5) is 18.8. The lowest BCUT2D eigenvalue weighted by Gasteiger charge is -2.34. The van der Waals surface area contributed by atoms with Crippen LogP contribution in [0.15, 0.2) is 18.2 Å². The average Bonchev–Trinajstić information content (AvgIpc) is 3.32. The smallest absolute Gasteiger partial charge is 0.239 e. The molecule has 7 nitrogen and oxygen atoms in total. The van der Waals surface area contributed by atoms with Gasteiger partial charge >= 0.3 is 0 Å². The Balaban J connectivity index is 1.66. The number of aromatic nitrogens is 1. The lowest BCUT2D eigenvalue weighted by molar-refractivity contribution is -0.133. The summed E-state index contributed by atoms with van der Waals surface area (Å²) < 4.78 is 5.46. The molecular formula is C14H21N5O2. The summed E-state index contributed by atoms with van der Waals surface area (Å²) in [7, 11) is 0. The van der Waals surface area contributed by atoms with Crippen LogP contribution in [0.1, 0.15) is 18.5 Å². The van der Waals surface area contributed by atoms with Crippen LogP contribution in [0.3, 0.4) is 0 Å². The monoisotopic (exact) mass is 291 g/mol. The van der Waals surface area contributed by atoms with E-state index < -0.39 is 0 Å². The van der Waals surface area contributed by atoms with Crippen molar-refractivity contribution in [2.75, 3.05) is 25.2 Å². The summed E-state index contributed by atoms with van der Waals surface area (Å²) in [5.41, 5.74) is 3.43. The second-order valence-electron chi connectivity index (χ2n) is 5.50. The zero-order chi connectivity index (χ0) is 14.7. The fraction of sp³-hybridized carbons (Fsp3) is 0.571. The number of nitrogens with two attached hydrogens (primary N) is 1. The third-order valence-electron chi connectivity index (χ3n) is 3.79. The van der Waals surface area contributed by atoms with Crippen LogP contribution >= 0.6 is 0 Å². The normalized spacial score (nSPS) is 22.8. The molecule has 0 radical (unpaired) electrons. The van der Waals surface area contributed by atoms with Crippen molar-refractivity contribution in [3.05, 3.63) is 23.9 Å². The number of hydrazine groups is 1. The highest BCUT2D eigenvalue weighted by Crippen LogP contribution is 2.20. The summed E-state index contributed by atoms with van der Waals surface area (Å²) in [6.45, 7) is 2.42. The number of carbonyl (C=O) groups is 1. The van der Waals surface area contributed by atoms with Gasteiger partial charge < -0.3 is 15.5 Å². The molecule has 2 aliphatic rings. The SMILES string of the molecule is NNc1cccc(CN2CCOCC2C(=O)NC2CC2)n1. The first-order valence-electron chi connectivity index (χ1n) is 7.31. The van der Waals surface area contributed by atoms with Gasteiger partial charge in [-0.05, 0) is 25.0 Å². The van der Waals surface area contributed by atoms with E-state index in [1.807, 2.05) is 12.1 Å². The number of hydrogen-bond acceptors (Lipinski definition) is 6. The average molecular weight is 291 g/mol. The van der Waals surface area contributed by atoms with Crippen molar-refractivity contribution in [1.29, 1.82) is 0 Å². The van der Waals surface area contributed by atoms with Crippen molar-refractivity contribution in [2.45, 2.75) is 31.5 Å².